The monoisotopic (exact) mass is 290 g/mol. The van der Waals surface area contributed by atoms with Gasteiger partial charge < -0.3 is 15.4 Å². The van der Waals surface area contributed by atoms with E-state index in [4.69, 9.17) is 10.5 Å². The van der Waals surface area contributed by atoms with Crippen LogP contribution in [0, 0.1) is 6.92 Å². The van der Waals surface area contributed by atoms with Gasteiger partial charge in [0.15, 0.2) is 0 Å². The van der Waals surface area contributed by atoms with Crippen molar-refractivity contribution in [3.8, 4) is 0 Å². The number of benzene rings is 1. The van der Waals surface area contributed by atoms with E-state index in [9.17, 15) is 4.79 Å². The third-order valence-electron chi connectivity index (χ3n) is 4.30. The summed E-state index contributed by atoms with van der Waals surface area (Å²) in [4.78, 5) is 14.4. The molecule has 1 aromatic rings. The number of likely N-dealkylation sites (tertiary alicyclic amines) is 1. The highest BCUT2D eigenvalue weighted by Gasteiger charge is 2.30. The topological polar surface area (TPSA) is 55.6 Å². The van der Waals surface area contributed by atoms with Gasteiger partial charge in [0.25, 0.3) is 0 Å². The Bertz CT molecular complexity index is 476. The number of ether oxygens (including phenoxy) is 1. The molecule has 0 aliphatic carbocycles. The number of carbonyl (C=O) groups excluding carboxylic acids is 1. The first-order valence-electron chi connectivity index (χ1n) is 7.72. The van der Waals surface area contributed by atoms with Crippen LogP contribution in [0.4, 0.5) is 0 Å². The average molecular weight is 290 g/mol. The molecule has 116 valence electrons. The Balaban J connectivity index is 1.90. The smallest absolute Gasteiger partial charge is 0.223 e. The number of piperidine rings is 1. The van der Waals surface area contributed by atoms with Crippen molar-refractivity contribution in [3.63, 3.8) is 0 Å². The molecule has 1 amide bonds. The molecule has 1 saturated heterocycles. The number of carbonyl (C=O) groups is 1. The highest BCUT2D eigenvalue weighted by molar-refractivity contribution is 5.77. The van der Waals surface area contributed by atoms with Crippen LogP contribution < -0.4 is 5.73 Å². The third kappa shape index (κ3) is 4.29. The van der Waals surface area contributed by atoms with E-state index in [2.05, 4.69) is 25.1 Å². The number of rotatable bonds is 5. The van der Waals surface area contributed by atoms with Gasteiger partial charge in [-0.25, -0.2) is 0 Å². The molecule has 0 saturated carbocycles. The Morgan fingerprint density at radius 2 is 2.29 bits per heavy atom. The minimum atomic E-state index is 0.119. The molecule has 4 nitrogen and oxygen atoms in total. The van der Waals surface area contributed by atoms with Crippen LogP contribution >= 0.6 is 0 Å². The summed E-state index contributed by atoms with van der Waals surface area (Å²) in [6.07, 6.45) is 3.34. The normalized spacial score (nSPS) is 22.3. The summed E-state index contributed by atoms with van der Waals surface area (Å²) in [5.74, 6) is 0.210. The molecule has 2 atom stereocenters. The van der Waals surface area contributed by atoms with Crippen molar-refractivity contribution in [2.24, 2.45) is 5.73 Å². The number of hydrogen-bond acceptors (Lipinski definition) is 3. The number of hydrogen-bond donors (Lipinski definition) is 1. The Kier molecular flexibility index (Phi) is 5.76. The van der Waals surface area contributed by atoms with E-state index in [1.165, 1.54) is 11.1 Å². The predicted molar refractivity (Wildman–Crippen MR) is 84.1 cm³/mol. The first-order chi connectivity index (χ1) is 10.1. The quantitative estimate of drug-likeness (QED) is 0.901. The summed E-state index contributed by atoms with van der Waals surface area (Å²) in [5, 5.41) is 0. The number of nitrogens with zero attached hydrogens (tertiary/aromatic N) is 1. The van der Waals surface area contributed by atoms with E-state index in [0.717, 1.165) is 25.8 Å². The largest absolute Gasteiger partial charge is 0.381 e. The van der Waals surface area contributed by atoms with Crippen molar-refractivity contribution >= 4 is 5.91 Å². The molecule has 0 bridgehead atoms. The van der Waals surface area contributed by atoms with Crippen LogP contribution in [0.25, 0.3) is 0 Å². The van der Waals surface area contributed by atoms with Crippen LogP contribution in [0.2, 0.25) is 0 Å². The Morgan fingerprint density at radius 3 is 2.95 bits per heavy atom. The van der Waals surface area contributed by atoms with Crippen LogP contribution in [0.15, 0.2) is 24.3 Å². The predicted octanol–water partition coefficient (Wildman–Crippen LogP) is 1.89. The van der Waals surface area contributed by atoms with Crippen molar-refractivity contribution in [1.29, 1.82) is 0 Å². The zero-order valence-corrected chi connectivity index (χ0v) is 13.0. The standard InChI is InChI=1S/C17H26N2O2/c1-13-4-3-5-14(10-13)6-7-17(20)19-9-8-16(21-2)11-15(19)12-18/h3-5,10,15-16H,6-9,11-12,18H2,1-2H3. The van der Waals surface area contributed by atoms with E-state index in [1.807, 2.05) is 11.0 Å². The zero-order chi connectivity index (χ0) is 15.2. The molecular weight excluding hydrogens is 264 g/mol. The van der Waals surface area contributed by atoms with Gasteiger partial charge in [-0.2, -0.15) is 0 Å². The number of aryl methyl sites for hydroxylation is 2. The van der Waals surface area contributed by atoms with Crippen LogP contribution in [-0.2, 0) is 16.0 Å². The number of nitrogens with two attached hydrogens (primary N) is 1. The molecular formula is C17H26N2O2. The summed E-state index contributed by atoms with van der Waals surface area (Å²) in [5.41, 5.74) is 8.28. The van der Waals surface area contributed by atoms with Crippen LogP contribution in [-0.4, -0.2) is 43.2 Å². The minimum Gasteiger partial charge on any atom is -0.381 e. The molecule has 1 fully saturated rings. The van der Waals surface area contributed by atoms with Gasteiger partial charge in [-0.3, -0.25) is 4.79 Å². The van der Waals surface area contributed by atoms with Gasteiger partial charge in [-0.1, -0.05) is 29.8 Å². The van der Waals surface area contributed by atoms with E-state index >= 15 is 0 Å². The molecule has 21 heavy (non-hydrogen) atoms. The molecule has 2 N–H and O–H groups in total. The molecule has 1 aliphatic heterocycles. The zero-order valence-electron chi connectivity index (χ0n) is 13.0. The lowest BCUT2D eigenvalue weighted by Gasteiger charge is -2.38. The van der Waals surface area contributed by atoms with E-state index in [0.29, 0.717) is 13.0 Å². The van der Waals surface area contributed by atoms with Crippen molar-refractivity contribution in [2.75, 3.05) is 20.2 Å². The SMILES string of the molecule is COC1CCN(C(=O)CCc2cccc(C)c2)C(CN)C1. The second kappa shape index (κ2) is 7.57. The summed E-state index contributed by atoms with van der Waals surface area (Å²) < 4.78 is 5.40. The third-order valence-corrected chi connectivity index (χ3v) is 4.30. The Labute approximate surface area is 127 Å². The summed E-state index contributed by atoms with van der Waals surface area (Å²) in [6, 6.07) is 8.46. The van der Waals surface area contributed by atoms with Crippen molar-refractivity contribution < 1.29 is 9.53 Å². The van der Waals surface area contributed by atoms with E-state index in [1.54, 1.807) is 7.11 Å². The van der Waals surface area contributed by atoms with Gasteiger partial charge in [-0.15, -0.1) is 0 Å². The molecule has 0 radical (unpaired) electrons. The average Bonchev–Trinajstić information content (AvgIpc) is 2.52. The second-order valence-electron chi connectivity index (χ2n) is 5.85. The number of amides is 1. The lowest BCUT2D eigenvalue weighted by atomic mass is 9.98. The van der Waals surface area contributed by atoms with Gasteiger partial charge in [0.05, 0.1) is 6.10 Å². The van der Waals surface area contributed by atoms with E-state index < -0.39 is 0 Å². The van der Waals surface area contributed by atoms with Gasteiger partial charge in [0.1, 0.15) is 0 Å². The first-order valence-corrected chi connectivity index (χ1v) is 7.72. The van der Waals surface area contributed by atoms with Crippen molar-refractivity contribution in [3.05, 3.63) is 35.4 Å². The van der Waals surface area contributed by atoms with Crippen LogP contribution in [0.3, 0.4) is 0 Å². The Morgan fingerprint density at radius 1 is 1.48 bits per heavy atom. The van der Waals surface area contributed by atoms with Gasteiger partial charge >= 0.3 is 0 Å². The molecule has 1 aliphatic rings. The second-order valence-corrected chi connectivity index (χ2v) is 5.85. The van der Waals surface area contributed by atoms with E-state index in [-0.39, 0.29) is 18.1 Å². The maximum Gasteiger partial charge on any atom is 0.223 e. The Hall–Kier alpha value is -1.39. The lowest BCUT2D eigenvalue weighted by Crippen LogP contribution is -2.51. The fourth-order valence-corrected chi connectivity index (χ4v) is 3.04. The fraction of sp³-hybridized carbons (Fsp3) is 0.588. The van der Waals surface area contributed by atoms with Crippen molar-refractivity contribution in [2.45, 2.75) is 44.8 Å². The maximum atomic E-state index is 12.5. The molecule has 2 unspecified atom stereocenters. The highest BCUT2D eigenvalue weighted by Crippen LogP contribution is 2.20. The van der Waals surface area contributed by atoms with Crippen LogP contribution in [0.1, 0.15) is 30.4 Å². The minimum absolute atomic E-state index is 0.119. The summed E-state index contributed by atoms with van der Waals surface area (Å²) in [7, 11) is 1.73. The van der Waals surface area contributed by atoms with Gasteiger partial charge in [0.2, 0.25) is 5.91 Å². The molecule has 1 heterocycles. The number of methoxy groups -OCH3 is 1. The summed E-state index contributed by atoms with van der Waals surface area (Å²) >= 11 is 0. The lowest BCUT2D eigenvalue weighted by molar-refractivity contribution is -0.136. The summed E-state index contributed by atoms with van der Waals surface area (Å²) in [6.45, 7) is 3.34. The van der Waals surface area contributed by atoms with Crippen LogP contribution in [0.5, 0.6) is 0 Å². The molecule has 1 aromatic carbocycles. The molecule has 2 rings (SSSR count). The maximum absolute atomic E-state index is 12.5. The van der Waals surface area contributed by atoms with Crippen molar-refractivity contribution in [1.82, 2.24) is 4.90 Å². The fourth-order valence-electron chi connectivity index (χ4n) is 3.04. The molecule has 0 spiro atoms. The van der Waals surface area contributed by atoms with Gasteiger partial charge in [0, 0.05) is 32.7 Å². The molecule has 0 aromatic heterocycles. The molecule has 4 heteroatoms. The van der Waals surface area contributed by atoms with Gasteiger partial charge in [-0.05, 0) is 31.7 Å². The first kappa shape index (κ1) is 16.0. The highest BCUT2D eigenvalue weighted by atomic mass is 16.5.